The summed E-state index contributed by atoms with van der Waals surface area (Å²) in [6.07, 6.45) is 5.24. The number of rotatable bonds is 4. The molecule has 0 bridgehead atoms. The van der Waals surface area contributed by atoms with Crippen LogP contribution < -0.4 is 5.32 Å². The van der Waals surface area contributed by atoms with E-state index in [1.807, 2.05) is 33.2 Å². The van der Waals surface area contributed by atoms with E-state index in [4.69, 9.17) is 4.52 Å². The van der Waals surface area contributed by atoms with Crippen LogP contribution in [0, 0.1) is 13.8 Å². The molecule has 3 heterocycles. The number of hydrogen-bond acceptors (Lipinski definition) is 4. The summed E-state index contributed by atoms with van der Waals surface area (Å²) in [5.41, 5.74) is 3.10. The summed E-state index contributed by atoms with van der Waals surface area (Å²) in [7, 11) is 1.83. The molecular formula is C15H17N5O2. The van der Waals surface area contributed by atoms with E-state index in [2.05, 4.69) is 15.6 Å². The molecule has 3 rings (SSSR count). The Balaban J connectivity index is 1.72. The lowest BCUT2D eigenvalue weighted by atomic mass is 10.2. The average Bonchev–Trinajstić information content (AvgIpc) is 3.17. The number of amides is 1. The standard InChI is InChI=1S/C15H17N5O2/c1-10-13(11(2)22-18-10)9-20-8-12(7-16-20)17-15(21)14-5-4-6-19(14)3/h4-8H,9H2,1-3H3,(H,17,21). The first-order chi connectivity index (χ1) is 10.5. The zero-order chi connectivity index (χ0) is 15.7. The van der Waals surface area contributed by atoms with E-state index < -0.39 is 0 Å². The highest BCUT2D eigenvalue weighted by Crippen LogP contribution is 2.15. The molecule has 1 amide bonds. The van der Waals surface area contributed by atoms with Gasteiger partial charge in [0.2, 0.25) is 0 Å². The van der Waals surface area contributed by atoms with Gasteiger partial charge in [-0.2, -0.15) is 5.10 Å². The van der Waals surface area contributed by atoms with Crippen molar-refractivity contribution in [2.45, 2.75) is 20.4 Å². The quantitative estimate of drug-likeness (QED) is 0.800. The third kappa shape index (κ3) is 2.65. The molecule has 3 aromatic heterocycles. The lowest BCUT2D eigenvalue weighted by Gasteiger charge is -2.03. The number of anilines is 1. The van der Waals surface area contributed by atoms with Crippen LogP contribution in [0.25, 0.3) is 0 Å². The highest BCUT2D eigenvalue weighted by atomic mass is 16.5. The van der Waals surface area contributed by atoms with Gasteiger partial charge in [-0.1, -0.05) is 5.16 Å². The Morgan fingerprint density at radius 2 is 2.23 bits per heavy atom. The Kier molecular flexibility index (Phi) is 3.54. The van der Waals surface area contributed by atoms with E-state index >= 15 is 0 Å². The number of nitrogens with one attached hydrogen (secondary N) is 1. The lowest BCUT2D eigenvalue weighted by molar-refractivity contribution is 0.101. The predicted molar refractivity (Wildman–Crippen MR) is 80.7 cm³/mol. The second-order valence-electron chi connectivity index (χ2n) is 5.19. The van der Waals surface area contributed by atoms with E-state index in [0.717, 1.165) is 17.0 Å². The van der Waals surface area contributed by atoms with Crippen LogP contribution >= 0.6 is 0 Å². The van der Waals surface area contributed by atoms with E-state index in [-0.39, 0.29) is 5.91 Å². The second-order valence-corrected chi connectivity index (χ2v) is 5.19. The van der Waals surface area contributed by atoms with E-state index in [1.54, 1.807) is 27.7 Å². The summed E-state index contributed by atoms with van der Waals surface area (Å²) in [4.78, 5) is 12.1. The zero-order valence-electron chi connectivity index (χ0n) is 12.7. The molecule has 0 saturated carbocycles. The fraction of sp³-hybridized carbons (Fsp3) is 0.267. The maximum atomic E-state index is 12.1. The van der Waals surface area contributed by atoms with Gasteiger partial charge in [0.15, 0.2) is 0 Å². The number of carbonyl (C=O) groups excluding carboxylic acids is 1. The molecule has 0 aliphatic heterocycles. The molecule has 7 nitrogen and oxygen atoms in total. The maximum Gasteiger partial charge on any atom is 0.272 e. The van der Waals surface area contributed by atoms with Gasteiger partial charge >= 0.3 is 0 Å². The van der Waals surface area contributed by atoms with Crippen molar-refractivity contribution in [3.05, 3.63) is 53.4 Å². The van der Waals surface area contributed by atoms with Gasteiger partial charge in [-0.15, -0.1) is 0 Å². The van der Waals surface area contributed by atoms with Crippen LogP contribution in [-0.4, -0.2) is 25.4 Å². The van der Waals surface area contributed by atoms with E-state index in [1.165, 1.54) is 0 Å². The summed E-state index contributed by atoms with van der Waals surface area (Å²) >= 11 is 0. The smallest absolute Gasteiger partial charge is 0.272 e. The van der Waals surface area contributed by atoms with Crippen LogP contribution in [0.15, 0.2) is 35.2 Å². The van der Waals surface area contributed by atoms with Crippen molar-refractivity contribution in [2.24, 2.45) is 7.05 Å². The number of aryl methyl sites for hydroxylation is 3. The first-order valence-electron chi connectivity index (χ1n) is 6.91. The Labute approximate surface area is 127 Å². The molecule has 114 valence electrons. The topological polar surface area (TPSA) is 77.9 Å². The fourth-order valence-electron chi connectivity index (χ4n) is 2.30. The minimum Gasteiger partial charge on any atom is -0.361 e. The third-order valence-electron chi connectivity index (χ3n) is 3.57. The van der Waals surface area contributed by atoms with Crippen LogP contribution in [0.2, 0.25) is 0 Å². The van der Waals surface area contributed by atoms with Crippen molar-refractivity contribution >= 4 is 11.6 Å². The Morgan fingerprint density at radius 3 is 2.86 bits per heavy atom. The average molecular weight is 299 g/mol. The molecular weight excluding hydrogens is 282 g/mol. The van der Waals surface area contributed by atoms with Crippen molar-refractivity contribution < 1.29 is 9.32 Å². The second kappa shape index (κ2) is 5.51. The molecule has 0 fully saturated rings. The normalized spacial score (nSPS) is 10.9. The number of nitrogens with zero attached hydrogens (tertiary/aromatic N) is 4. The van der Waals surface area contributed by atoms with E-state index in [9.17, 15) is 4.79 Å². The number of carbonyl (C=O) groups is 1. The zero-order valence-corrected chi connectivity index (χ0v) is 12.7. The predicted octanol–water partition coefficient (Wildman–Crippen LogP) is 2.13. The summed E-state index contributed by atoms with van der Waals surface area (Å²) in [6.45, 7) is 4.32. The SMILES string of the molecule is Cc1noc(C)c1Cn1cc(NC(=O)c2cccn2C)cn1. The monoisotopic (exact) mass is 299 g/mol. The molecule has 0 aromatic carbocycles. The van der Waals surface area contributed by atoms with Gasteiger partial charge in [-0.3, -0.25) is 9.48 Å². The Bertz CT molecular complexity index is 792. The van der Waals surface area contributed by atoms with Crippen molar-refractivity contribution in [2.75, 3.05) is 5.32 Å². The summed E-state index contributed by atoms with van der Waals surface area (Å²) in [6, 6.07) is 3.60. The minimum absolute atomic E-state index is 0.163. The third-order valence-corrected chi connectivity index (χ3v) is 3.57. The van der Waals surface area contributed by atoms with Crippen molar-refractivity contribution in [3.8, 4) is 0 Å². The van der Waals surface area contributed by atoms with Gasteiger partial charge in [0.1, 0.15) is 11.5 Å². The van der Waals surface area contributed by atoms with Crippen LogP contribution in [0.1, 0.15) is 27.5 Å². The largest absolute Gasteiger partial charge is 0.361 e. The fourth-order valence-corrected chi connectivity index (χ4v) is 2.30. The maximum absolute atomic E-state index is 12.1. The molecule has 3 aromatic rings. The summed E-state index contributed by atoms with van der Waals surface area (Å²) < 4.78 is 8.65. The van der Waals surface area contributed by atoms with Crippen molar-refractivity contribution in [3.63, 3.8) is 0 Å². The van der Waals surface area contributed by atoms with Gasteiger partial charge in [0.25, 0.3) is 5.91 Å². The Morgan fingerprint density at radius 1 is 1.41 bits per heavy atom. The number of aromatic nitrogens is 4. The molecule has 0 aliphatic carbocycles. The Hall–Kier alpha value is -2.83. The van der Waals surface area contributed by atoms with Gasteiger partial charge in [-0.25, -0.2) is 0 Å². The summed E-state index contributed by atoms with van der Waals surface area (Å²) in [5.74, 6) is 0.617. The van der Waals surface area contributed by atoms with Gasteiger partial charge in [0, 0.05) is 25.0 Å². The van der Waals surface area contributed by atoms with Crippen LogP contribution in [0.3, 0.4) is 0 Å². The molecule has 0 radical (unpaired) electrons. The van der Waals surface area contributed by atoms with Crippen LogP contribution in [-0.2, 0) is 13.6 Å². The lowest BCUT2D eigenvalue weighted by Crippen LogP contribution is -2.14. The minimum atomic E-state index is -0.163. The molecule has 0 atom stereocenters. The molecule has 1 N–H and O–H groups in total. The first kappa shape index (κ1) is 14.1. The van der Waals surface area contributed by atoms with E-state index in [0.29, 0.717) is 17.9 Å². The molecule has 0 spiro atoms. The van der Waals surface area contributed by atoms with Crippen molar-refractivity contribution in [1.29, 1.82) is 0 Å². The van der Waals surface area contributed by atoms with Gasteiger partial charge in [-0.05, 0) is 26.0 Å². The highest BCUT2D eigenvalue weighted by Gasteiger charge is 2.12. The molecule has 0 unspecified atom stereocenters. The highest BCUT2D eigenvalue weighted by molar-refractivity contribution is 6.03. The van der Waals surface area contributed by atoms with Crippen LogP contribution in [0.5, 0.6) is 0 Å². The first-order valence-corrected chi connectivity index (χ1v) is 6.91. The van der Waals surface area contributed by atoms with Crippen molar-refractivity contribution in [1.82, 2.24) is 19.5 Å². The van der Waals surface area contributed by atoms with Gasteiger partial charge in [0.05, 0.1) is 24.1 Å². The van der Waals surface area contributed by atoms with Crippen LogP contribution in [0.4, 0.5) is 5.69 Å². The number of hydrogen-bond donors (Lipinski definition) is 1. The molecule has 0 saturated heterocycles. The summed E-state index contributed by atoms with van der Waals surface area (Å²) in [5, 5.41) is 11.0. The molecule has 7 heteroatoms. The van der Waals surface area contributed by atoms with Gasteiger partial charge < -0.3 is 14.4 Å². The molecule has 0 aliphatic rings. The molecule has 22 heavy (non-hydrogen) atoms.